The molecule has 6 heteroatoms. The predicted molar refractivity (Wildman–Crippen MR) is 108 cm³/mol. The minimum Gasteiger partial charge on any atom is -0.472 e. The SMILES string of the molecule is c1ccc(OC2CCN(c3nc(-c4ccncc4)nc4ccccc34)C2)nc1. The summed E-state index contributed by atoms with van der Waals surface area (Å²) in [5, 5.41) is 1.05. The fourth-order valence-electron chi connectivity index (χ4n) is 3.54. The molecule has 138 valence electrons. The van der Waals surface area contributed by atoms with Crippen LogP contribution in [0.15, 0.2) is 73.2 Å². The summed E-state index contributed by atoms with van der Waals surface area (Å²) in [6, 6.07) is 17.7. The van der Waals surface area contributed by atoms with Crippen LogP contribution in [-0.4, -0.2) is 39.1 Å². The minimum absolute atomic E-state index is 0.0907. The van der Waals surface area contributed by atoms with Crippen LogP contribution < -0.4 is 9.64 Å². The summed E-state index contributed by atoms with van der Waals surface area (Å²) in [7, 11) is 0. The Morgan fingerprint density at radius 1 is 0.893 bits per heavy atom. The quantitative estimate of drug-likeness (QED) is 0.546. The molecule has 28 heavy (non-hydrogen) atoms. The maximum Gasteiger partial charge on any atom is 0.213 e. The third-order valence-electron chi connectivity index (χ3n) is 4.89. The maximum absolute atomic E-state index is 6.05. The lowest BCUT2D eigenvalue weighted by Gasteiger charge is -2.20. The molecular weight excluding hydrogens is 350 g/mol. The van der Waals surface area contributed by atoms with E-state index in [1.807, 2.05) is 48.5 Å². The molecule has 0 aliphatic carbocycles. The molecule has 4 heterocycles. The molecule has 5 rings (SSSR count). The number of aromatic nitrogens is 4. The van der Waals surface area contributed by atoms with Crippen LogP contribution in [0.3, 0.4) is 0 Å². The molecule has 0 N–H and O–H groups in total. The average Bonchev–Trinajstić information content (AvgIpc) is 3.22. The van der Waals surface area contributed by atoms with Crippen LogP contribution in [0.2, 0.25) is 0 Å². The molecule has 1 saturated heterocycles. The molecule has 0 bridgehead atoms. The average molecular weight is 369 g/mol. The third-order valence-corrected chi connectivity index (χ3v) is 4.89. The maximum atomic E-state index is 6.05. The van der Waals surface area contributed by atoms with Gasteiger partial charge in [0.05, 0.1) is 12.1 Å². The first kappa shape index (κ1) is 16.6. The predicted octanol–water partition coefficient (Wildman–Crippen LogP) is 3.74. The number of nitrogens with zero attached hydrogens (tertiary/aromatic N) is 5. The van der Waals surface area contributed by atoms with Crippen LogP contribution >= 0.6 is 0 Å². The lowest BCUT2D eigenvalue weighted by Crippen LogP contribution is -2.26. The van der Waals surface area contributed by atoms with Gasteiger partial charge in [-0.25, -0.2) is 15.0 Å². The lowest BCUT2D eigenvalue weighted by atomic mass is 10.2. The van der Waals surface area contributed by atoms with E-state index in [9.17, 15) is 0 Å². The minimum atomic E-state index is 0.0907. The molecule has 0 saturated carbocycles. The van der Waals surface area contributed by atoms with Gasteiger partial charge >= 0.3 is 0 Å². The smallest absolute Gasteiger partial charge is 0.213 e. The van der Waals surface area contributed by atoms with Crippen molar-refractivity contribution in [3.8, 4) is 17.3 Å². The molecule has 1 aliphatic rings. The normalized spacial score (nSPS) is 16.4. The van der Waals surface area contributed by atoms with Crippen LogP contribution in [0.4, 0.5) is 5.82 Å². The standard InChI is InChI=1S/C22H19N5O/c1-2-6-19-18(5-1)22(26-21(25-19)16-8-12-23-13-9-16)27-14-10-17(15-27)28-20-7-3-4-11-24-20/h1-9,11-13,17H,10,14-15H2. The number of pyridine rings is 2. The summed E-state index contributed by atoms with van der Waals surface area (Å²) in [5.41, 5.74) is 1.90. The zero-order valence-electron chi connectivity index (χ0n) is 15.3. The first-order valence-electron chi connectivity index (χ1n) is 9.37. The number of hydrogen-bond donors (Lipinski definition) is 0. The van der Waals surface area contributed by atoms with Gasteiger partial charge in [-0.1, -0.05) is 18.2 Å². The van der Waals surface area contributed by atoms with Crippen LogP contribution in [0.5, 0.6) is 5.88 Å². The van der Waals surface area contributed by atoms with E-state index in [-0.39, 0.29) is 6.10 Å². The second kappa shape index (κ2) is 7.23. The summed E-state index contributed by atoms with van der Waals surface area (Å²) < 4.78 is 6.05. The Kier molecular flexibility index (Phi) is 4.29. The number of benzene rings is 1. The van der Waals surface area contributed by atoms with Gasteiger partial charge in [0, 0.05) is 48.6 Å². The van der Waals surface area contributed by atoms with E-state index in [2.05, 4.69) is 20.9 Å². The van der Waals surface area contributed by atoms with Crippen molar-refractivity contribution in [3.05, 3.63) is 73.2 Å². The molecule has 1 unspecified atom stereocenters. The van der Waals surface area contributed by atoms with Gasteiger partial charge < -0.3 is 9.64 Å². The second-order valence-corrected chi connectivity index (χ2v) is 6.77. The Morgan fingerprint density at radius 2 is 1.75 bits per heavy atom. The zero-order chi connectivity index (χ0) is 18.8. The van der Waals surface area contributed by atoms with Gasteiger partial charge in [-0.05, 0) is 30.3 Å². The van der Waals surface area contributed by atoms with Gasteiger partial charge in [0.2, 0.25) is 5.88 Å². The number of para-hydroxylation sites is 1. The molecule has 1 aliphatic heterocycles. The van der Waals surface area contributed by atoms with E-state index >= 15 is 0 Å². The molecule has 1 aromatic carbocycles. The lowest BCUT2D eigenvalue weighted by molar-refractivity contribution is 0.216. The summed E-state index contributed by atoms with van der Waals surface area (Å²) in [4.78, 5) is 20.3. The molecule has 0 spiro atoms. The highest BCUT2D eigenvalue weighted by Crippen LogP contribution is 2.30. The Bertz CT molecular complexity index is 1090. The van der Waals surface area contributed by atoms with Gasteiger partial charge in [0.1, 0.15) is 11.9 Å². The van der Waals surface area contributed by atoms with Crippen LogP contribution in [0.1, 0.15) is 6.42 Å². The van der Waals surface area contributed by atoms with Gasteiger partial charge in [0.25, 0.3) is 0 Å². The molecule has 0 amide bonds. The Morgan fingerprint density at radius 3 is 2.61 bits per heavy atom. The fourth-order valence-corrected chi connectivity index (χ4v) is 3.54. The molecule has 3 aromatic heterocycles. The van der Waals surface area contributed by atoms with E-state index < -0.39 is 0 Å². The Hall–Kier alpha value is -3.54. The van der Waals surface area contributed by atoms with Gasteiger partial charge in [-0.2, -0.15) is 0 Å². The Labute approximate surface area is 162 Å². The molecule has 1 atom stereocenters. The summed E-state index contributed by atoms with van der Waals surface area (Å²) in [5.74, 6) is 2.33. The molecule has 0 radical (unpaired) electrons. The number of anilines is 1. The highest BCUT2D eigenvalue weighted by molar-refractivity contribution is 5.91. The summed E-state index contributed by atoms with van der Waals surface area (Å²) >= 11 is 0. The van der Waals surface area contributed by atoms with Gasteiger partial charge in [-0.15, -0.1) is 0 Å². The first-order chi connectivity index (χ1) is 13.9. The third kappa shape index (κ3) is 3.24. The monoisotopic (exact) mass is 369 g/mol. The van der Waals surface area contributed by atoms with E-state index in [0.717, 1.165) is 41.8 Å². The van der Waals surface area contributed by atoms with Crippen LogP contribution in [0, 0.1) is 0 Å². The van der Waals surface area contributed by atoms with Crippen molar-refractivity contribution < 1.29 is 4.74 Å². The first-order valence-corrected chi connectivity index (χ1v) is 9.37. The highest BCUT2D eigenvalue weighted by Gasteiger charge is 2.27. The topological polar surface area (TPSA) is 64.0 Å². The van der Waals surface area contributed by atoms with Crippen LogP contribution in [-0.2, 0) is 0 Å². The highest BCUT2D eigenvalue weighted by atomic mass is 16.5. The number of hydrogen-bond acceptors (Lipinski definition) is 6. The van der Waals surface area contributed by atoms with Crippen molar-refractivity contribution in [1.82, 2.24) is 19.9 Å². The van der Waals surface area contributed by atoms with E-state index in [1.54, 1.807) is 18.6 Å². The second-order valence-electron chi connectivity index (χ2n) is 6.77. The zero-order valence-corrected chi connectivity index (χ0v) is 15.3. The number of rotatable bonds is 4. The number of fused-ring (bicyclic) bond motifs is 1. The molecule has 1 fully saturated rings. The van der Waals surface area contributed by atoms with Crippen molar-refractivity contribution >= 4 is 16.7 Å². The molecule has 4 aromatic rings. The van der Waals surface area contributed by atoms with Crippen LogP contribution in [0.25, 0.3) is 22.3 Å². The van der Waals surface area contributed by atoms with Crippen molar-refractivity contribution in [3.63, 3.8) is 0 Å². The number of ether oxygens (including phenoxy) is 1. The van der Waals surface area contributed by atoms with E-state index in [4.69, 9.17) is 14.7 Å². The van der Waals surface area contributed by atoms with Gasteiger partial charge in [-0.3, -0.25) is 4.98 Å². The van der Waals surface area contributed by atoms with Crippen molar-refractivity contribution in [2.45, 2.75) is 12.5 Å². The fraction of sp³-hybridized carbons (Fsp3) is 0.182. The summed E-state index contributed by atoms with van der Waals surface area (Å²) in [6.07, 6.45) is 6.30. The molecular formula is C22H19N5O. The van der Waals surface area contributed by atoms with Crippen molar-refractivity contribution in [1.29, 1.82) is 0 Å². The van der Waals surface area contributed by atoms with Crippen molar-refractivity contribution in [2.24, 2.45) is 0 Å². The summed E-state index contributed by atoms with van der Waals surface area (Å²) in [6.45, 7) is 1.65. The van der Waals surface area contributed by atoms with Gasteiger partial charge in [0.15, 0.2) is 5.82 Å². The molecule has 6 nitrogen and oxygen atoms in total. The van der Waals surface area contributed by atoms with E-state index in [0.29, 0.717) is 11.7 Å². The Balaban J connectivity index is 1.48. The van der Waals surface area contributed by atoms with Crippen molar-refractivity contribution in [2.75, 3.05) is 18.0 Å². The largest absolute Gasteiger partial charge is 0.472 e. The van der Waals surface area contributed by atoms with E-state index in [1.165, 1.54) is 0 Å².